The predicted molar refractivity (Wildman–Crippen MR) is 113 cm³/mol. The van der Waals surface area contributed by atoms with Crippen LogP contribution in [0.4, 0.5) is 13.2 Å². The number of guanidine groups is 1. The second-order valence-electron chi connectivity index (χ2n) is 6.85. The van der Waals surface area contributed by atoms with Crippen molar-refractivity contribution in [2.24, 2.45) is 4.99 Å². The van der Waals surface area contributed by atoms with Crippen molar-refractivity contribution in [1.82, 2.24) is 15.5 Å². The minimum absolute atomic E-state index is 0. The summed E-state index contributed by atoms with van der Waals surface area (Å²) in [5.41, 5.74) is 0.281. The molecule has 0 bridgehead atoms. The second-order valence-corrected chi connectivity index (χ2v) is 6.85. The van der Waals surface area contributed by atoms with Crippen LogP contribution in [0.2, 0.25) is 0 Å². The molecule has 10 heteroatoms. The SMILES string of the molecule is CN=C(NCc1ccccc1OC(F)(F)F)NCC(C)(C)N1CCOCC1.I. The minimum Gasteiger partial charge on any atom is -0.405 e. The second kappa shape index (κ2) is 11.1. The van der Waals surface area contributed by atoms with Gasteiger partial charge in [-0.05, 0) is 19.9 Å². The summed E-state index contributed by atoms with van der Waals surface area (Å²) < 4.78 is 47.0. The summed E-state index contributed by atoms with van der Waals surface area (Å²) in [6.45, 7) is 8.21. The molecular weight excluding hydrogens is 488 g/mol. The molecule has 1 aromatic carbocycles. The fourth-order valence-corrected chi connectivity index (χ4v) is 2.85. The van der Waals surface area contributed by atoms with Gasteiger partial charge in [0, 0.05) is 44.3 Å². The Morgan fingerprint density at radius 2 is 1.82 bits per heavy atom. The lowest BCUT2D eigenvalue weighted by Gasteiger charge is -2.41. The Hall–Kier alpha value is -1.27. The first-order valence-electron chi connectivity index (χ1n) is 8.82. The van der Waals surface area contributed by atoms with Gasteiger partial charge >= 0.3 is 6.36 Å². The Morgan fingerprint density at radius 3 is 2.43 bits per heavy atom. The highest BCUT2D eigenvalue weighted by molar-refractivity contribution is 14.0. The van der Waals surface area contributed by atoms with Crippen LogP contribution >= 0.6 is 24.0 Å². The van der Waals surface area contributed by atoms with Crippen molar-refractivity contribution in [3.05, 3.63) is 29.8 Å². The van der Waals surface area contributed by atoms with Gasteiger partial charge in [-0.3, -0.25) is 9.89 Å². The highest BCUT2D eigenvalue weighted by Crippen LogP contribution is 2.26. The number of nitrogens with zero attached hydrogens (tertiary/aromatic N) is 2. The van der Waals surface area contributed by atoms with Crippen LogP contribution in [0.5, 0.6) is 5.75 Å². The molecule has 0 aliphatic carbocycles. The average Bonchev–Trinajstić information content (AvgIpc) is 2.62. The summed E-state index contributed by atoms with van der Waals surface area (Å²) in [6, 6.07) is 6.04. The first-order valence-corrected chi connectivity index (χ1v) is 8.82. The topological polar surface area (TPSA) is 58.1 Å². The zero-order valence-electron chi connectivity index (χ0n) is 16.3. The summed E-state index contributed by atoms with van der Waals surface area (Å²) >= 11 is 0. The van der Waals surface area contributed by atoms with Gasteiger partial charge in [0.2, 0.25) is 0 Å². The van der Waals surface area contributed by atoms with E-state index in [1.165, 1.54) is 12.1 Å². The van der Waals surface area contributed by atoms with E-state index in [0.29, 0.717) is 31.3 Å². The fourth-order valence-electron chi connectivity index (χ4n) is 2.85. The number of hydrogen-bond donors (Lipinski definition) is 2. The summed E-state index contributed by atoms with van der Waals surface area (Å²) in [7, 11) is 1.62. The van der Waals surface area contributed by atoms with Crippen LogP contribution in [-0.2, 0) is 11.3 Å². The quantitative estimate of drug-likeness (QED) is 0.346. The molecule has 2 N–H and O–H groups in total. The number of alkyl halides is 3. The number of para-hydroxylation sites is 1. The number of morpholine rings is 1. The molecule has 1 fully saturated rings. The van der Waals surface area contributed by atoms with Crippen LogP contribution in [0, 0.1) is 0 Å². The van der Waals surface area contributed by atoms with E-state index in [1.54, 1.807) is 19.2 Å². The zero-order chi connectivity index (χ0) is 19.9. The summed E-state index contributed by atoms with van der Waals surface area (Å²) in [4.78, 5) is 6.48. The average molecular weight is 516 g/mol. The third-order valence-corrected chi connectivity index (χ3v) is 4.42. The van der Waals surface area contributed by atoms with Crippen molar-refractivity contribution in [3.63, 3.8) is 0 Å². The van der Waals surface area contributed by atoms with Gasteiger partial charge in [0.25, 0.3) is 0 Å². The lowest BCUT2D eigenvalue weighted by atomic mass is 10.0. The third-order valence-electron chi connectivity index (χ3n) is 4.42. The number of aliphatic imine (C=N–C) groups is 1. The van der Waals surface area contributed by atoms with Gasteiger partial charge < -0.3 is 20.1 Å². The highest BCUT2D eigenvalue weighted by atomic mass is 127. The molecule has 0 spiro atoms. The lowest BCUT2D eigenvalue weighted by molar-refractivity contribution is -0.274. The molecule has 1 aliphatic rings. The van der Waals surface area contributed by atoms with E-state index in [-0.39, 0.29) is 41.8 Å². The van der Waals surface area contributed by atoms with Crippen LogP contribution in [0.3, 0.4) is 0 Å². The van der Waals surface area contributed by atoms with Crippen LogP contribution in [0.15, 0.2) is 29.3 Å². The van der Waals surface area contributed by atoms with E-state index >= 15 is 0 Å². The number of halogens is 4. The largest absolute Gasteiger partial charge is 0.573 e. The van der Waals surface area contributed by atoms with Crippen molar-refractivity contribution in [2.45, 2.75) is 32.3 Å². The Kier molecular flexibility index (Phi) is 9.78. The molecule has 0 radical (unpaired) electrons. The molecule has 2 rings (SSSR count). The maximum Gasteiger partial charge on any atom is 0.573 e. The van der Waals surface area contributed by atoms with E-state index in [9.17, 15) is 13.2 Å². The summed E-state index contributed by atoms with van der Waals surface area (Å²) in [6.07, 6.45) is -4.72. The Bertz CT molecular complexity index is 636. The molecule has 0 saturated carbocycles. The Morgan fingerprint density at radius 1 is 1.18 bits per heavy atom. The number of rotatable bonds is 6. The van der Waals surface area contributed by atoms with Gasteiger partial charge in [0.05, 0.1) is 13.2 Å². The highest BCUT2D eigenvalue weighted by Gasteiger charge is 2.32. The van der Waals surface area contributed by atoms with Gasteiger partial charge in [-0.15, -0.1) is 37.1 Å². The van der Waals surface area contributed by atoms with E-state index < -0.39 is 6.36 Å². The maximum atomic E-state index is 12.5. The third kappa shape index (κ3) is 8.00. The van der Waals surface area contributed by atoms with Crippen LogP contribution in [0.1, 0.15) is 19.4 Å². The van der Waals surface area contributed by atoms with Gasteiger partial charge in [-0.2, -0.15) is 0 Å². The molecule has 6 nitrogen and oxygen atoms in total. The number of ether oxygens (including phenoxy) is 2. The van der Waals surface area contributed by atoms with E-state index in [4.69, 9.17) is 4.74 Å². The number of hydrogen-bond acceptors (Lipinski definition) is 4. The standard InChI is InChI=1S/C18H27F3N4O2.HI/c1-17(2,25-8-10-26-11-9-25)13-24-16(22-3)23-12-14-6-4-5-7-15(14)27-18(19,20)21;/h4-7H,8-13H2,1-3H3,(H2,22,23,24);1H. The van der Waals surface area contributed by atoms with Crippen molar-refractivity contribution in [2.75, 3.05) is 39.9 Å². The summed E-state index contributed by atoms with van der Waals surface area (Å²) in [5.74, 6) is 0.291. The molecule has 1 saturated heterocycles. The zero-order valence-corrected chi connectivity index (χ0v) is 18.6. The van der Waals surface area contributed by atoms with Crippen molar-refractivity contribution in [3.8, 4) is 5.75 Å². The van der Waals surface area contributed by atoms with E-state index in [0.717, 1.165) is 13.1 Å². The molecule has 1 aromatic rings. The van der Waals surface area contributed by atoms with Crippen LogP contribution < -0.4 is 15.4 Å². The molecule has 160 valence electrons. The lowest BCUT2D eigenvalue weighted by Crippen LogP contribution is -2.56. The maximum absolute atomic E-state index is 12.5. The first kappa shape index (κ1) is 24.8. The van der Waals surface area contributed by atoms with Gasteiger partial charge in [0.15, 0.2) is 5.96 Å². The summed E-state index contributed by atoms with van der Waals surface area (Å²) in [5, 5.41) is 6.27. The molecule has 1 heterocycles. The van der Waals surface area contributed by atoms with Crippen LogP contribution in [-0.4, -0.2) is 62.7 Å². The van der Waals surface area contributed by atoms with Crippen LogP contribution in [0.25, 0.3) is 0 Å². The Balaban J connectivity index is 0.00000392. The van der Waals surface area contributed by atoms with Crippen molar-refractivity contribution >= 4 is 29.9 Å². The normalized spacial score (nSPS) is 16.3. The number of nitrogens with one attached hydrogen (secondary N) is 2. The smallest absolute Gasteiger partial charge is 0.405 e. The van der Waals surface area contributed by atoms with Gasteiger partial charge in [0.1, 0.15) is 5.75 Å². The molecule has 0 amide bonds. The molecule has 0 unspecified atom stereocenters. The predicted octanol–water partition coefficient (Wildman–Crippen LogP) is 2.98. The molecule has 1 aliphatic heterocycles. The molecule has 0 aromatic heterocycles. The Labute approximate surface area is 180 Å². The molecule has 0 atom stereocenters. The van der Waals surface area contributed by atoms with Crippen molar-refractivity contribution < 1.29 is 22.6 Å². The first-order chi connectivity index (χ1) is 12.7. The van der Waals surface area contributed by atoms with E-state index in [2.05, 4.69) is 39.1 Å². The van der Waals surface area contributed by atoms with Crippen molar-refractivity contribution in [1.29, 1.82) is 0 Å². The fraction of sp³-hybridized carbons (Fsp3) is 0.611. The molecule has 28 heavy (non-hydrogen) atoms. The minimum atomic E-state index is -4.72. The van der Waals surface area contributed by atoms with E-state index in [1.807, 2.05) is 0 Å². The monoisotopic (exact) mass is 516 g/mol. The van der Waals surface area contributed by atoms with Gasteiger partial charge in [-0.1, -0.05) is 18.2 Å². The van der Waals surface area contributed by atoms with Gasteiger partial charge in [-0.25, -0.2) is 0 Å². The molecular formula is C18H28F3IN4O2. The number of benzene rings is 1.